The van der Waals surface area contributed by atoms with Crippen LogP contribution in [0.3, 0.4) is 0 Å². The van der Waals surface area contributed by atoms with Crippen molar-refractivity contribution >= 4 is 17.3 Å². The summed E-state index contributed by atoms with van der Waals surface area (Å²) in [5.41, 5.74) is 0.0590. The summed E-state index contributed by atoms with van der Waals surface area (Å²) in [5.74, 6) is -2.30. The lowest BCUT2D eigenvalue weighted by atomic mass is 10.3. The monoisotopic (exact) mass is 310 g/mol. The van der Waals surface area contributed by atoms with Crippen LogP contribution in [0.5, 0.6) is 0 Å². The number of nitro groups is 1. The summed E-state index contributed by atoms with van der Waals surface area (Å²) in [6.07, 6.45) is 0. The molecule has 0 bridgehead atoms. The molecule has 2 rings (SSSR count). The Hall–Kier alpha value is -2.84. The first-order valence-electron chi connectivity index (χ1n) is 6.23. The van der Waals surface area contributed by atoms with Gasteiger partial charge in [-0.25, -0.2) is 8.78 Å². The molecule has 2 aromatic rings. The zero-order valence-corrected chi connectivity index (χ0v) is 11.8. The Morgan fingerprint density at radius 1 is 1.41 bits per heavy atom. The molecule has 9 heteroatoms. The van der Waals surface area contributed by atoms with Gasteiger partial charge in [-0.3, -0.25) is 19.6 Å². The molecule has 0 radical (unpaired) electrons. The first-order valence-corrected chi connectivity index (χ1v) is 6.23. The van der Waals surface area contributed by atoms with Crippen LogP contribution in [0.15, 0.2) is 18.2 Å². The molecule has 0 aliphatic heterocycles. The van der Waals surface area contributed by atoms with E-state index in [-0.39, 0.29) is 29.3 Å². The summed E-state index contributed by atoms with van der Waals surface area (Å²) in [4.78, 5) is 22.2. The average molecular weight is 310 g/mol. The lowest BCUT2D eigenvalue weighted by Crippen LogP contribution is -2.21. The molecule has 0 saturated heterocycles. The molecule has 0 spiro atoms. The van der Waals surface area contributed by atoms with Crippen molar-refractivity contribution in [2.75, 3.05) is 5.32 Å². The molecule has 0 aliphatic carbocycles. The van der Waals surface area contributed by atoms with Crippen molar-refractivity contribution in [2.45, 2.75) is 20.4 Å². The Kier molecular flexibility index (Phi) is 4.15. The minimum absolute atomic E-state index is 0.166. The lowest BCUT2D eigenvalue weighted by Gasteiger charge is -2.07. The Bertz CT molecular complexity index is 758. The van der Waals surface area contributed by atoms with Crippen LogP contribution >= 0.6 is 0 Å². The molecule has 1 heterocycles. The molecule has 0 saturated carbocycles. The van der Waals surface area contributed by atoms with Crippen LogP contribution in [0.4, 0.5) is 20.2 Å². The Labute approximate surface area is 123 Å². The number of hydrogen-bond acceptors (Lipinski definition) is 4. The van der Waals surface area contributed by atoms with Gasteiger partial charge in [0.25, 0.3) is 0 Å². The molecule has 7 nitrogen and oxygen atoms in total. The number of aromatic nitrogens is 2. The number of benzene rings is 1. The van der Waals surface area contributed by atoms with Crippen molar-refractivity contribution in [3.8, 4) is 0 Å². The second-order valence-corrected chi connectivity index (χ2v) is 4.61. The minimum atomic E-state index is -0.910. The highest BCUT2D eigenvalue weighted by molar-refractivity contribution is 5.90. The van der Waals surface area contributed by atoms with Crippen LogP contribution in [0.1, 0.15) is 11.4 Å². The number of nitrogens with one attached hydrogen (secondary N) is 1. The number of rotatable bonds is 4. The highest BCUT2D eigenvalue weighted by Crippen LogP contribution is 2.22. The summed E-state index contributed by atoms with van der Waals surface area (Å²) in [6, 6.07) is 2.74. The summed E-state index contributed by atoms with van der Waals surface area (Å²) >= 11 is 0. The minimum Gasteiger partial charge on any atom is -0.322 e. The number of carbonyl (C=O) groups excluding carboxylic acids is 1. The van der Waals surface area contributed by atoms with Gasteiger partial charge in [0.05, 0.1) is 10.6 Å². The van der Waals surface area contributed by atoms with E-state index in [0.717, 1.165) is 16.8 Å². The average Bonchev–Trinajstić information content (AvgIpc) is 2.67. The highest BCUT2D eigenvalue weighted by Gasteiger charge is 2.22. The van der Waals surface area contributed by atoms with Crippen molar-refractivity contribution in [3.63, 3.8) is 0 Å². The number of anilines is 1. The third-order valence-electron chi connectivity index (χ3n) is 3.02. The van der Waals surface area contributed by atoms with Gasteiger partial charge >= 0.3 is 5.69 Å². The molecule has 116 valence electrons. The van der Waals surface area contributed by atoms with E-state index in [2.05, 4.69) is 10.4 Å². The van der Waals surface area contributed by atoms with Crippen molar-refractivity contribution in [1.82, 2.24) is 9.78 Å². The quantitative estimate of drug-likeness (QED) is 0.693. The van der Waals surface area contributed by atoms with Gasteiger partial charge in [0.2, 0.25) is 5.91 Å². The van der Waals surface area contributed by atoms with Crippen LogP contribution in [0, 0.1) is 35.6 Å². The van der Waals surface area contributed by atoms with Crippen molar-refractivity contribution in [2.24, 2.45) is 0 Å². The van der Waals surface area contributed by atoms with Crippen molar-refractivity contribution in [3.05, 3.63) is 51.3 Å². The number of halogens is 2. The predicted molar refractivity (Wildman–Crippen MR) is 73.3 cm³/mol. The third kappa shape index (κ3) is 3.08. The number of carbonyl (C=O) groups is 1. The van der Waals surface area contributed by atoms with E-state index < -0.39 is 22.5 Å². The van der Waals surface area contributed by atoms with E-state index in [9.17, 15) is 23.7 Å². The largest absolute Gasteiger partial charge is 0.322 e. The normalized spacial score (nSPS) is 10.5. The summed E-state index contributed by atoms with van der Waals surface area (Å²) in [6.45, 7) is 2.60. The topological polar surface area (TPSA) is 90.1 Å². The van der Waals surface area contributed by atoms with Gasteiger partial charge in [-0.1, -0.05) is 0 Å². The molecule has 0 unspecified atom stereocenters. The second-order valence-electron chi connectivity index (χ2n) is 4.61. The summed E-state index contributed by atoms with van der Waals surface area (Å²) in [5, 5.41) is 17.0. The Morgan fingerprint density at radius 3 is 2.64 bits per heavy atom. The van der Waals surface area contributed by atoms with Crippen LogP contribution in [-0.4, -0.2) is 20.6 Å². The molecular formula is C13H12F2N4O3. The molecule has 0 atom stereocenters. The van der Waals surface area contributed by atoms with Gasteiger partial charge in [0.15, 0.2) is 0 Å². The van der Waals surface area contributed by atoms with E-state index in [1.165, 1.54) is 13.8 Å². The number of aryl methyl sites for hydroxylation is 1. The smallest absolute Gasteiger partial charge is 0.312 e. The Balaban J connectivity index is 2.16. The SMILES string of the molecule is Cc1nn(CC(=O)Nc2ccc(F)cc2F)c(C)c1[N+](=O)[O-]. The van der Waals surface area contributed by atoms with Gasteiger partial charge in [0.1, 0.15) is 29.6 Å². The number of nitrogens with zero attached hydrogens (tertiary/aromatic N) is 3. The molecule has 1 aromatic heterocycles. The van der Waals surface area contributed by atoms with Crippen LogP contribution in [-0.2, 0) is 11.3 Å². The standard InChI is InChI=1S/C13H12F2N4O3/c1-7-13(19(21)22)8(2)18(17-7)6-12(20)16-11-4-3-9(14)5-10(11)15/h3-5H,6H2,1-2H3,(H,16,20). The predicted octanol–water partition coefficient (Wildman–Crippen LogP) is 2.33. The lowest BCUT2D eigenvalue weighted by molar-refractivity contribution is -0.386. The maximum atomic E-state index is 13.4. The van der Waals surface area contributed by atoms with E-state index in [0.29, 0.717) is 6.07 Å². The number of hydrogen-bond donors (Lipinski definition) is 1. The van der Waals surface area contributed by atoms with E-state index >= 15 is 0 Å². The second kappa shape index (κ2) is 5.88. The Morgan fingerprint density at radius 2 is 2.09 bits per heavy atom. The molecule has 1 N–H and O–H groups in total. The van der Waals surface area contributed by atoms with Gasteiger partial charge in [-0.2, -0.15) is 5.10 Å². The summed E-state index contributed by atoms with van der Waals surface area (Å²) < 4.78 is 27.4. The fourth-order valence-corrected chi connectivity index (χ4v) is 2.02. The molecule has 1 aromatic carbocycles. The zero-order chi connectivity index (χ0) is 16.4. The molecule has 0 fully saturated rings. The fourth-order valence-electron chi connectivity index (χ4n) is 2.02. The summed E-state index contributed by atoms with van der Waals surface area (Å²) in [7, 11) is 0. The maximum Gasteiger partial charge on any atom is 0.312 e. The van der Waals surface area contributed by atoms with Gasteiger partial charge in [0, 0.05) is 6.07 Å². The molecule has 0 aliphatic rings. The van der Waals surface area contributed by atoms with Crippen LogP contribution < -0.4 is 5.32 Å². The van der Waals surface area contributed by atoms with Gasteiger partial charge in [-0.05, 0) is 26.0 Å². The molecule has 22 heavy (non-hydrogen) atoms. The van der Waals surface area contributed by atoms with Crippen LogP contribution in [0.2, 0.25) is 0 Å². The third-order valence-corrected chi connectivity index (χ3v) is 3.02. The van der Waals surface area contributed by atoms with Crippen LogP contribution in [0.25, 0.3) is 0 Å². The molecule has 1 amide bonds. The van der Waals surface area contributed by atoms with Crippen molar-refractivity contribution in [1.29, 1.82) is 0 Å². The maximum absolute atomic E-state index is 13.4. The van der Waals surface area contributed by atoms with Crippen molar-refractivity contribution < 1.29 is 18.5 Å². The molecular weight excluding hydrogens is 298 g/mol. The first kappa shape index (κ1) is 15.5. The van der Waals surface area contributed by atoms with E-state index in [1.54, 1.807) is 0 Å². The number of amides is 1. The first-order chi connectivity index (χ1) is 10.3. The van der Waals surface area contributed by atoms with E-state index in [4.69, 9.17) is 0 Å². The van der Waals surface area contributed by atoms with Gasteiger partial charge < -0.3 is 5.32 Å². The van der Waals surface area contributed by atoms with Gasteiger partial charge in [-0.15, -0.1) is 0 Å². The highest BCUT2D eigenvalue weighted by atomic mass is 19.1. The zero-order valence-electron chi connectivity index (χ0n) is 11.8. The fraction of sp³-hybridized carbons (Fsp3) is 0.231. The van der Waals surface area contributed by atoms with E-state index in [1.807, 2.05) is 0 Å².